The van der Waals surface area contributed by atoms with Gasteiger partial charge in [0.15, 0.2) is 14.1 Å². The molecule has 1 aromatic heterocycles. The highest BCUT2D eigenvalue weighted by Gasteiger charge is 2.42. The third-order valence-electron chi connectivity index (χ3n) is 8.02. The Bertz CT molecular complexity index is 1590. The first-order valence-corrected chi connectivity index (χ1v) is 17.0. The van der Waals surface area contributed by atoms with E-state index in [-0.39, 0.29) is 15.6 Å². The molecule has 0 atom stereocenters. The Morgan fingerprint density at radius 1 is 0.881 bits per heavy atom. The lowest BCUT2D eigenvalue weighted by Gasteiger charge is -2.37. The molecule has 224 valence electrons. The average Bonchev–Trinajstić information content (AvgIpc) is 2.95. The van der Waals surface area contributed by atoms with Crippen LogP contribution in [-0.4, -0.2) is 39.3 Å². The molecule has 3 aromatic carbocycles. The number of nitrogens with zero attached hydrogens (tertiary/aromatic N) is 2. The van der Waals surface area contributed by atoms with E-state index in [1.807, 2.05) is 77.2 Å². The molecular formula is C32H38ClF2N3O3Si. The van der Waals surface area contributed by atoms with Gasteiger partial charge in [-0.15, -0.1) is 5.10 Å². The topological polar surface area (TPSA) is 65.5 Å². The molecule has 0 aliphatic carbocycles. The summed E-state index contributed by atoms with van der Waals surface area (Å²) in [6, 6.07) is 16.1. The number of aryl methyl sites for hydroxylation is 1. The summed E-state index contributed by atoms with van der Waals surface area (Å²) < 4.78 is 47.1. The zero-order valence-electron chi connectivity index (χ0n) is 25.4. The highest BCUT2D eigenvalue weighted by molar-refractivity contribution is 6.74. The summed E-state index contributed by atoms with van der Waals surface area (Å²) in [6.45, 7) is 11.6. The number of methoxy groups -OCH3 is 2. The van der Waals surface area contributed by atoms with Gasteiger partial charge in [0.1, 0.15) is 18.1 Å². The molecule has 0 fully saturated rings. The maximum atomic E-state index is 15.2. The predicted octanol–water partition coefficient (Wildman–Crippen LogP) is 9.00. The van der Waals surface area contributed by atoms with E-state index in [4.69, 9.17) is 25.5 Å². The molecule has 4 aromatic rings. The highest BCUT2D eigenvalue weighted by Crippen LogP contribution is 2.41. The average molecular weight is 614 g/mol. The van der Waals surface area contributed by atoms with Crippen LogP contribution in [0.4, 0.5) is 14.6 Å². The number of alkyl halides is 2. The molecule has 4 rings (SSSR count). The lowest BCUT2D eigenvalue weighted by Crippen LogP contribution is -2.43. The van der Waals surface area contributed by atoms with Crippen LogP contribution in [-0.2, 0) is 16.9 Å². The van der Waals surface area contributed by atoms with Crippen LogP contribution >= 0.6 is 11.6 Å². The molecule has 6 nitrogen and oxygen atoms in total. The highest BCUT2D eigenvalue weighted by atomic mass is 35.5. The van der Waals surface area contributed by atoms with Gasteiger partial charge in [0.2, 0.25) is 0 Å². The Kier molecular flexibility index (Phi) is 9.16. The zero-order chi connectivity index (χ0) is 30.9. The van der Waals surface area contributed by atoms with Crippen LogP contribution in [0.25, 0.3) is 21.9 Å². The number of halogens is 3. The minimum Gasteiger partial charge on any atom is -0.497 e. The fourth-order valence-corrected chi connectivity index (χ4v) is 5.62. The number of hydrogen-bond acceptors (Lipinski definition) is 6. The first-order chi connectivity index (χ1) is 19.7. The molecule has 0 saturated heterocycles. The van der Waals surface area contributed by atoms with E-state index < -0.39 is 20.8 Å². The van der Waals surface area contributed by atoms with Crippen molar-refractivity contribution in [2.45, 2.75) is 58.3 Å². The second-order valence-corrected chi connectivity index (χ2v) is 17.1. The Morgan fingerprint density at radius 2 is 1.57 bits per heavy atom. The van der Waals surface area contributed by atoms with Crippen LogP contribution in [0.5, 0.6) is 11.5 Å². The van der Waals surface area contributed by atoms with E-state index in [1.165, 1.54) is 6.07 Å². The van der Waals surface area contributed by atoms with Crippen LogP contribution in [0.15, 0.2) is 54.6 Å². The molecule has 1 N–H and O–H groups in total. The SMILES string of the molecule is COc1ccc(CNc2nnc(C)c3cc(-c4ccc(C(F)(F)CO[Si](C)(C)C(C)(C)C)c(Cl)c4)ccc23)c(OC)c1. The molecule has 42 heavy (non-hydrogen) atoms. The summed E-state index contributed by atoms with van der Waals surface area (Å²) in [5.74, 6) is -1.19. The van der Waals surface area contributed by atoms with Crippen molar-refractivity contribution >= 4 is 36.5 Å². The molecule has 0 unspecified atom stereocenters. The molecule has 10 heteroatoms. The molecule has 1 heterocycles. The minimum atomic E-state index is -3.21. The predicted molar refractivity (Wildman–Crippen MR) is 169 cm³/mol. The van der Waals surface area contributed by atoms with E-state index in [2.05, 4.69) is 15.5 Å². The number of nitrogens with one attached hydrogen (secondary N) is 1. The Balaban J connectivity index is 1.58. The van der Waals surface area contributed by atoms with Gasteiger partial charge in [-0.25, -0.2) is 0 Å². The summed E-state index contributed by atoms with van der Waals surface area (Å²) in [4.78, 5) is 0. The van der Waals surface area contributed by atoms with E-state index in [0.717, 1.165) is 33.2 Å². The van der Waals surface area contributed by atoms with Crippen molar-refractivity contribution in [1.29, 1.82) is 0 Å². The van der Waals surface area contributed by atoms with Gasteiger partial charge >= 0.3 is 0 Å². The van der Waals surface area contributed by atoms with E-state index in [1.54, 1.807) is 26.4 Å². The molecule has 0 aliphatic rings. The fourth-order valence-electron chi connectivity index (χ4n) is 4.33. The third kappa shape index (κ3) is 6.69. The lowest BCUT2D eigenvalue weighted by atomic mass is 9.98. The molecule has 0 aliphatic heterocycles. The number of anilines is 1. The number of ether oxygens (including phenoxy) is 2. The fraction of sp³-hybridized carbons (Fsp3) is 0.375. The Labute approximate surface area is 252 Å². The van der Waals surface area contributed by atoms with Gasteiger partial charge in [0.05, 0.1) is 24.9 Å². The Hall–Kier alpha value is -3.27. The third-order valence-corrected chi connectivity index (χ3v) is 12.8. The molecule has 0 amide bonds. The van der Waals surface area contributed by atoms with Crippen LogP contribution in [0.3, 0.4) is 0 Å². The quantitative estimate of drug-likeness (QED) is 0.180. The van der Waals surface area contributed by atoms with Crippen LogP contribution < -0.4 is 14.8 Å². The summed E-state index contributed by atoms with van der Waals surface area (Å²) in [5, 5.41) is 13.7. The van der Waals surface area contributed by atoms with E-state index in [0.29, 0.717) is 23.9 Å². The van der Waals surface area contributed by atoms with Crippen molar-refractivity contribution in [3.63, 3.8) is 0 Å². The van der Waals surface area contributed by atoms with Crippen LogP contribution in [0.2, 0.25) is 23.2 Å². The number of fused-ring (bicyclic) bond motifs is 1. The maximum absolute atomic E-state index is 15.2. The zero-order valence-corrected chi connectivity index (χ0v) is 27.1. The summed E-state index contributed by atoms with van der Waals surface area (Å²) in [7, 11) is 0.875. The molecular weight excluding hydrogens is 576 g/mol. The van der Waals surface area contributed by atoms with Crippen LogP contribution in [0, 0.1) is 6.92 Å². The number of hydrogen-bond donors (Lipinski definition) is 1. The standard InChI is InChI=1S/C32H38ClF2N3O3Si/c1-20-26-15-21(22-11-14-27(28(33)16-22)32(34,35)19-41-42(7,8)31(2,3)4)10-13-25(26)30(38-37-20)36-18-23-9-12-24(39-5)17-29(23)40-6/h9-17H,18-19H2,1-8H3,(H,36,38). The van der Waals surface area contributed by atoms with Crippen molar-refractivity contribution in [2.75, 3.05) is 26.1 Å². The summed E-state index contributed by atoms with van der Waals surface area (Å²) >= 11 is 6.45. The van der Waals surface area contributed by atoms with Gasteiger partial charge in [-0.1, -0.05) is 50.6 Å². The van der Waals surface area contributed by atoms with Crippen molar-refractivity contribution in [1.82, 2.24) is 10.2 Å². The smallest absolute Gasteiger partial charge is 0.296 e. The van der Waals surface area contributed by atoms with Crippen molar-refractivity contribution in [2.24, 2.45) is 0 Å². The van der Waals surface area contributed by atoms with Gasteiger partial charge in [0, 0.05) is 34.5 Å². The molecule has 0 saturated carbocycles. The largest absolute Gasteiger partial charge is 0.497 e. The number of rotatable bonds is 10. The normalized spacial score (nSPS) is 12.5. The van der Waals surface area contributed by atoms with Gasteiger partial charge in [-0.3, -0.25) is 0 Å². The summed E-state index contributed by atoms with van der Waals surface area (Å²) in [5.41, 5.74) is 2.99. The van der Waals surface area contributed by atoms with Gasteiger partial charge in [-0.2, -0.15) is 13.9 Å². The number of benzene rings is 3. The minimum absolute atomic E-state index is 0.00296. The van der Waals surface area contributed by atoms with Gasteiger partial charge < -0.3 is 19.2 Å². The van der Waals surface area contributed by atoms with Gasteiger partial charge in [-0.05, 0) is 66.5 Å². The van der Waals surface area contributed by atoms with Crippen molar-refractivity contribution < 1.29 is 22.7 Å². The lowest BCUT2D eigenvalue weighted by molar-refractivity contribution is -0.0507. The maximum Gasteiger partial charge on any atom is 0.296 e. The number of aromatic nitrogens is 2. The van der Waals surface area contributed by atoms with Crippen molar-refractivity contribution in [3.05, 3.63) is 76.4 Å². The first-order valence-electron chi connectivity index (χ1n) is 13.7. The van der Waals surface area contributed by atoms with Gasteiger partial charge in [0.25, 0.3) is 5.92 Å². The molecule has 0 spiro atoms. The van der Waals surface area contributed by atoms with E-state index >= 15 is 8.78 Å². The summed E-state index contributed by atoms with van der Waals surface area (Å²) in [6.07, 6.45) is 0. The van der Waals surface area contributed by atoms with Crippen molar-refractivity contribution in [3.8, 4) is 22.6 Å². The molecule has 0 radical (unpaired) electrons. The monoisotopic (exact) mass is 613 g/mol. The second-order valence-electron chi connectivity index (χ2n) is 11.9. The van der Waals surface area contributed by atoms with E-state index in [9.17, 15) is 0 Å². The Morgan fingerprint density at radius 3 is 2.21 bits per heavy atom. The van der Waals surface area contributed by atoms with Crippen LogP contribution in [0.1, 0.15) is 37.6 Å². The second kappa shape index (κ2) is 12.1. The molecule has 0 bridgehead atoms. The first kappa shape index (κ1) is 31.7.